The molecular formula is C17H31N3O3. The molecule has 6 nitrogen and oxygen atoms in total. The number of piperidine rings is 1. The maximum absolute atomic E-state index is 9.60. The zero-order chi connectivity index (χ0) is 17.3. The number of imidazole rings is 1. The first-order chi connectivity index (χ1) is 10.9. The van der Waals surface area contributed by atoms with Gasteiger partial charge in [0.1, 0.15) is 11.4 Å². The fraction of sp³-hybridized carbons (Fsp3) is 0.765. The topological polar surface area (TPSA) is 76.4 Å². The molecule has 0 aliphatic carbocycles. The summed E-state index contributed by atoms with van der Waals surface area (Å²) >= 11 is 0. The van der Waals surface area contributed by atoms with Gasteiger partial charge >= 0.3 is 0 Å². The first-order valence-corrected chi connectivity index (χ1v) is 8.40. The number of carbonyl (C=O) groups is 1. The summed E-state index contributed by atoms with van der Waals surface area (Å²) in [6, 6.07) is 0. The third kappa shape index (κ3) is 7.14. The third-order valence-electron chi connectivity index (χ3n) is 3.67. The molecule has 2 heterocycles. The highest BCUT2D eigenvalue weighted by atomic mass is 16.5. The Morgan fingerprint density at radius 3 is 2.52 bits per heavy atom. The fourth-order valence-corrected chi connectivity index (χ4v) is 2.49. The van der Waals surface area contributed by atoms with Gasteiger partial charge < -0.3 is 19.7 Å². The molecule has 132 valence electrons. The maximum Gasteiger partial charge on any atom is 0.293 e. The van der Waals surface area contributed by atoms with Crippen molar-refractivity contribution in [3.05, 3.63) is 17.7 Å². The van der Waals surface area contributed by atoms with Crippen LogP contribution in [0.3, 0.4) is 0 Å². The lowest BCUT2D eigenvalue weighted by atomic mass is 9.97. The summed E-state index contributed by atoms with van der Waals surface area (Å²) < 4.78 is 6.68. The van der Waals surface area contributed by atoms with Crippen molar-refractivity contribution in [2.24, 2.45) is 0 Å². The van der Waals surface area contributed by atoms with Crippen LogP contribution in [0.2, 0.25) is 0 Å². The Hall–Kier alpha value is -1.40. The lowest BCUT2D eigenvalue weighted by molar-refractivity contribution is -0.138. The van der Waals surface area contributed by atoms with Crippen molar-refractivity contribution in [3.8, 4) is 0 Å². The predicted molar refractivity (Wildman–Crippen MR) is 90.4 cm³/mol. The number of ether oxygens (including phenoxy) is 1. The minimum absolute atomic E-state index is 0.192. The van der Waals surface area contributed by atoms with E-state index in [4.69, 9.17) is 10.1 Å². The quantitative estimate of drug-likeness (QED) is 0.808. The lowest BCUT2D eigenvalue weighted by Gasteiger charge is -2.22. The summed E-state index contributed by atoms with van der Waals surface area (Å²) in [6.07, 6.45) is 5.38. The van der Waals surface area contributed by atoms with Crippen LogP contribution in [-0.4, -0.2) is 46.4 Å². The highest BCUT2D eigenvalue weighted by Gasteiger charge is 2.20. The average molecular weight is 325 g/mol. The second kappa shape index (κ2) is 9.67. The highest BCUT2D eigenvalue weighted by Crippen LogP contribution is 2.24. The van der Waals surface area contributed by atoms with Crippen LogP contribution in [0.15, 0.2) is 6.20 Å². The highest BCUT2D eigenvalue weighted by molar-refractivity contribution is 5.37. The second-order valence-corrected chi connectivity index (χ2v) is 6.71. The van der Waals surface area contributed by atoms with Gasteiger partial charge in [0.2, 0.25) is 0 Å². The Kier molecular flexibility index (Phi) is 8.26. The van der Waals surface area contributed by atoms with E-state index in [1.54, 1.807) is 0 Å². The van der Waals surface area contributed by atoms with E-state index >= 15 is 0 Å². The summed E-state index contributed by atoms with van der Waals surface area (Å²) in [6.45, 7) is 11.1. The monoisotopic (exact) mass is 325 g/mol. The van der Waals surface area contributed by atoms with E-state index in [1.165, 1.54) is 5.82 Å². The summed E-state index contributed by atoms with van der Waals surface area (Å²) in [4.78, 5) is 14.3. The molecule has 0 saturated carbocycles. The Bertz CT molecular complexity index is 460. The number of nitrogens with one attached hydrogen (secondary N) is 1. The SMILES string of the molecule is CC(C)(C)OC=O.CCc1cn(CCO)c(C2CCNCC2)n1. The number of nitrogens with zero attached hydrogens (tertiary/aromatic N) is 2. The first kappa shape index (κ1) is 19.6. The largest absolute Gasteiger partial charge is 0.462 e. The van der Waals surface area contributed by atoms with Crippen LogP contribution in [0, 0.1) is 0 Å². The van der Waals surface area contributed by atoms with Gasteiger partial charge in [-0.3, -0.25) is 4.79 Å². The Labute approximate surface area is 139 Å². The zero-order valence-corrected chi connectivity index (χ0v) is 14.8. The number of aryl methyl sites for hydroxylation is 1. The Morgan fingerprint density at radius 1 is 1.43 bits per heavy atom. The number of aliphatic hydroxyl groups excluding tert-OH is 1. The van der Waals surface area contributed by atoms with Crippen LogP contribution in [0.1, 0.15) is 58.0 Å². The van der Waals surface area contributed by atoms with Crippen molar-refractivity contribution < 1.29 is 14.6 Å². The van der Waals surface area contributed by atoms with Gasteiger partial charge in [-0.1, -0.05) is 6.92 Å². The zero-order valence-electron chi connectivity index (χ0n) is 14.8. The van der Waals surface area contributed by atoms with Crippen molar-refractivity contribution in [2.45, 2.75) is 65.0 Å². The summed E-state index contributed by atoms with van der Waals surface area (Å²) in [5.41, 5.74) is 0.823. The number of hydrogen-bond donors (Lipinski definition) is 2. The molecule has 1 aromatic heterocycles. The first-order valence-electron chi connectivity index (χ1n) is 8.40. The number of hydrogen-bond acceptors (Lipinski definition) is 5. The van der Waals surface area contributed by atoms with E-state index in [-0.39, 0.29) is 12.2 Å². The molecule has 1 saturated heterocycles. The molecule has 0 amide bonds. The van der Waals surface area contributed by atoms with E-state index in [0.29, 0.717) is 18.9 Å². The smallest absolute Gasteiger partial charge is 0.293 e. The predicted octanol–water partition coefficient (Wildman–Crippen LogP) is 1.86. The van der Waals surface area contributed by atoms with Gasteiger partial charge in [0.25, 0.3) is 6.47 Å². The van der Waals surface area contributed by atoms with Gasteiger partial charge in [-0.15, -0.1) is 0 Å². The molecule has 6 heteroatoms. The molecular weight excluding hydrogens is 294 g/mol. The molecule has 0 radical (unpaired) electrons. The number of carbonyl (C=O) groups excluding carboxylic acids is 1. The van der Waals surface area contributed by atoms with Crippen LogP contribution in [0.4, 0.5) is 0 Å². The average Bonchev–Trinajstić information content (AvgIpc) is 2.91. The molecule has 0 atom stereocenters. The van der Waals surface area contributed by atoms with E-state index in [1.807, 2.05) is 20.8 Å². The van der Waals surface area contributed by atoms with Gasteiger partial charge in [-0.05, 0) is 53.1 Å². The van der Waals surface area contributed by atoms with Crippen LogP contribution in [-0.2, 0) is 22.5 Å². The van der Waals surface area contributed by atoms with Gasteiger partial charge in [0, 0.05) is 18.7 Å². The van der Waals surface area contributed by atoms with Crippen LogP contribution in [0.25, 0.3) is 0 Å². The minimum atomic E-state index is -0.318. The van der Waals surface area contributed by atoms with Gasteiger partial charge in [-0.2, -0.15) is 0 Å². The number of aromatic nitrogens is 2. The standard InChI is InChI=1S/C12H21N3O.C5H10O2/c1-2-11-9-15(7-8-16)12(14-11)10-3-5-13-6-4-10;1-5(2,3)7-4-6/h9-10,13,16H,2-8H2,1H3;4H,1-3H3. The molecule has 0 spiro atoms. The molecule has 1 aliphatic rings. The molecule has 2 rings (SSSR count). The minimum Gasteiger partial charge on any atom is -0.462 e. The maximum atomic E-state index is 9.60. The molecule has 1 aromatic rings. The summed E-state index contributed by atoms with van der Waals surface area (Å²) in [5, 5.41) is 12.4. The molecule has 0 bridgehead atoms. The molecule has 23 heavy (non-hydrogen) atoms. The van der Waals surface area contributed by atoms with E-state index in [0.717, 1.165) is 38.0 Å². The van der Waals surface area contributed by atoms with E-state index in [2.05, 4.69) is 27.7 Å². The van der Waals surface area contributed by atoms with Crippen LogP contribution >= 0.6 is 0 Å². The van der Waals surface area contributed by atoms with Gasteiger partial charge in [0.05, 0.1) is 12.3 Å². The lowest BCUT2D eigenvalue weighted by Crippen LogP contribution is -2.28. The molecule has 1 aliphatic heterocycles. The fourth-order valence-electron chi connectivity index (χ4n) is 2.49. The van der Waals surface area contributed by atoms with Crippen molar-refractivity contribution in [3.63, 3.8) is 0 Å². The van der Waals surface area contributed by atoms with E-state index in [9.17, 15) is 4.79 Å². The second-order valence-electron chi connectivity index (χ2n) is 6.71. The Morgan fingerprint density at radius 2 is 2.09 bits per heavy atom. The Balaban J connectivity index is 0.000000322. The van der Waals surface area contributed by atoms with Crippen LogP contribution in [0.5, 0.6) is 0 Å². The molecule has 0 aromatic carbocycles. The molecule has 2 N–H and O–H groups in total. The van der Waals surface area contributed by atoms with Crippen molar-refractivity contribution >= 4 is 6.47 Å². The van der Waals surface area contributed by atoms with E-state index < -0.39 is 0 Å². The summed E-state index contributed by atoms with van der Waals surface area (Å²) in [5.74, 6) is 1.74. The number of aliphatic hydroxyl groups is 1. The third-order valence-corrected chi connectivity index (χ3v) is 3.67. The van der Waals surface area contributed by atoms with Crippen LogP contribution < -0.4 is 5.32 Å². The van der Waals surface area contributed by atoms with Crippen molar-refractivity contribution in [1.82, 2.24) is 14.9 Å². The van der Waals surface area contributed by atoms with Gasteiger partial charge in [-0.25, -0.2) is 4.98 Å². The van der Waals surface area contributed by atoms with Crippen molar-refractivity contribution in [1.29, 1.82) is 0 Å². The molecule has 0 unspecified atom stereocenters. The summed E-state index contributed by atoms with van der Waals surface area (Å²) in [7, 11) is 0. The molecule has 1 fully saturated rings. The normalized spacial score (nSPS) is 15.7. The van der Waals surface area contributed by atoms with Crippen molar-refractivity contribution in [2.75, 3.05) is 19.7 Å². The number of rotatable bonds is 5. The van der Waals surface area contributed by atoms with Gasteiger partial charge in [0.15, 0.2) is 0 Å².